The van der Waals surface area contributed by atoms with Crippen molar-refractivity contribution < 1.29 is 19.0 Å². The Balaban J connectivity index is 1.97. The van der Waals surface area contributed by atoms with Crippen LogP contribution in [0.4, 0.5) is 0 Å². The van der Waals surface area contributed by atoms with Gasteiger partial charge < -0.3 is 14.2 Å². The SMILES string of the molecule is COc1ccc(/C=C/c2cc(OC)cc(OC)c2/C=C/C(=O)c2cccc(Br)c2)cc1. The Bertz CT molecular complexity index is 1110. The van der Waals surface area contributed by atoms with Crippen LogP contribution < -0.4 is 14.2 Å². The zero-order valence-electron chi connectivity index (χ0n) is 17.6. The van der Waals surface area contributed by atoms with Crippen molar-refractivity contribution in [3.63, 3.8) is 0 Å². The fourth-order valence-corrected chi connectivity index (χ4v) is 3.42. The zero-order chi connectivity index (χ0) is 22.2. The molecule has 0 aliphatic rings. The van der Waals surface area contributed by atoms with Crippen molar-refractivity contribution in [3.8, 4) is 17.2 Å². The Morgan fingerprint density at radius 1 is 0.806 bits per heavy atom. The predicted molar refractivity (Wildman–Crippen MR) is 129 cm³/mol. The van der Waals surface area contributed by atoms with Crippen LogP contribution in [0.2, 0.25) is 0 Å². The van der Waals surface area contributed by atoms with Gasteiger partial charge in [-0.05, 0) is 53.6 Å². The van der Waals surface area contributed by atoms with Gasteiger partial charge in [0.15, 0.2) is 5.78 Å². The van der Waals surface area contributed by atoms with Crippen LogP contribution in [0.25, 0.3) is 18.2 Å². The molecule has 4 nitrogen and oxygen atoms in total. The van der Waals surface area contributed by atoms with E-state index in [1.807, 2.05) is 54.6 Å². The van der Waals surface area contributed by atoms with Gasteiger partial charge in [0.25, 0.3) is 0 Å². The molecule has 0 amide bonds. The summed E-state index contributed by atoms with van der Waals surface area (Å²) in [6, 6.07) is 18.8. The van der Waals surface area contributed by atoms with E-state index >= 15 is 0 Å². The standard InChI is InChI=1S/C26H23BrO4/c1-29-22-11-8-18(9-12-22)7-10-19-16-23(30-2)17-26(31-3)24(19)13-14-25(28)20-5-4-6-21(27)15-20/h4-17H,1-3H3/b10-7+,14-13+. The van der Waals surface area contributed by atoms with Crippen molar-refractivity contribution in [2.45, 2.75) is 0 Å². The first kappa shape index (κ1) is 22.4. The molecule has 0 aliphatic heterocycles. The van der Waals surface area contributed by atoms with E-state index in [1.165, 1.54) is 0 Å². The summed E-state index contributed by atoms with van der Waals surface area (Å²) in [6.07, 6.45) is 7.28. The lowest BCUT2D eigenvalue weighted by Crippen LogP contribution is -1.96. The summed E-state index contributed by atoms with van der Waals surface area (Å²) < 4.78 is 17.1. The molecule has 0 heterocycles. The van der Waals surface area contributed by atoms with Crippen molar-refractivity contribution in [3.05, 3.63) is 93.5 Å². The van der Waals surface area contributed by atoms with Crippen LogP contribution in [0, 0.1) is 0 Å². The second-order valence-corrected chi connectivity index (χ2v) is 7.56. The predicted octanol–water partition coefficient (Wildman–Crippen LogP) is 6.54. The highest BCUT2D eigenvalue weighted by Gasteiger charge is 2.10. The fourth-order valence-electron chi connectivity index (χ4n) is 3.02. The Morgan fingerprint density at radius 3 is 2.19 bits per heavy atom. The van der Waals surface area contributed by atoms with Gasteiger partial charge in [0, 0.05) is 21.7 Å². The number of carbonyl (C=O) groups is 1. The van der Waals surface area contributed by atoms with Crippen LogP contribution in [0.15, 0.2) is 71.2 Å². The smallest absolute Gasteiger partial charge is 0.185 e. The van der Waals surface area contributed by atoms with Gasteiger partial charge in [0.2, 0.25) is 0 Å². The van der Waals surface area contributed by atoms with Crippen LogP contribution in [0.1, 0.15) is 27.0 Å². The average molecular weight is 479 g/mol. The van der Waals surface area contributed by atoms with Crippen molar-refractivity contribution in [2.24, 2.45) is 0 Å². The summed E-state index contributed by atoms with van der Waals surface area (Å²) in [5, 5.41) is 0. The number of hydrogen-bond donors (Lipinski definition) is 0. The Kier molecular flexibility index (Phi) is 7.68. The third kappa shape index (κ3) is 5.86. The molecule has 0 bridgehead atoms. The molecule has 0 saturated carbocycles. The highest BCUT2D eigenvalue weighted by molar-refractivity contribution is 9.10. The lowest BCUT2D eigenvalue weighted by Gasteiger charge is -2.11. The summed E-state index contributed by atoms with van der Waals surface area (Å²) in [4.78, 5) is 12.6. The van der Waals surface area contributed by atoms with Gasteiger partial charge in [-0.25, -0.2) is 0 Å². The van der Waals surface area contributed by atoms with Crippen LogP contribution in [-0.4, -0.2) is 27.1 Å². The van der Waals surface area contributed by atoms with E-state index in [0.29, 0.717) is 17.1 Å². The molecule has 3 aromatic carbocycles. The van der Waals surface area contributed by atoms with Gasteiger partial charge in [-0.15, -0.1) is 0 Å². The Hall–Kier alpha value is -3.31. The molecule has 0 radical (unpaired) electrons. The third-order valence-electron chi connectivity index (χ3n) is 4.68. The summed E-state index contributed by atoms with van der Waals surface area (Å²) >= 11 is 3.40. The van der Waals surface area contributed by atoms with Crippen LogP contribution in [0.3, 0.4) is 0 Å². The minimum absolute atomic E-state index is 0.0933. The van der Waals surface area contributed by atoms with E-state index in [4.69, 9.17) is 14.2 Å². The average Bonchev–Trinajstić information content (AvgIpc) is 2.81. The Morgan fingerprint density at radius 2 is 1.55 bits per heavy atom. The molecule has 0 N–H and O–H groups in total. The monoisotopic (exact) mass is 478 g/mol. The molecule has 158 valence electrons. The van der Waals surface area contributed by atoms with E-state index in [0.717, 1.165) is 26.9 Å². The fraction of sp³-hybridized carbons (Fsp3) is 0.115. The highest BCUT2D eigenvalue weighted by Crippen LogP contribution is 2.31. The number of ketones is 1. The molecular weight excluding hydrogens is 456 g/mol. The van der Waals surface area contributed by atoms with Gasteiger partial charge in [-0.1, -0.05) is 52.3 Å². The van der Waals surface area contributed by atoms with Crippen molar-refractivity contribution >= 4 is 39.9 Å². The van der Waals surface area contributed by atoms with E-state index in [-0.39, 0.29) is 5.78 Å². The number of allylic oxidation sites excluding steroid dienone is 1. The lowest BCUT2D eigenvalue weighted by molar-refractivity contribution is 0.104. The van der Waals surface area contributed by atoms with Gasteiger partial charge in [-0.2, -0.15) is 0 Å². The summed E-state index contributed by atoms with van der Waals surface area (Å²) in [5.41, 5.74) is 3.28. The highest BCUT2D eigenvalue weighted by atomic mass is 79.9. The van der Waals surface area contributed by atoms with E-state index in [2.05, 4.69) is 15.9 Å². The maximum Gasteiger partial charge on any atom is 0.185 e. The second-order valence-electron chi connectivity index (χ2n) is 6.65. The van der Waals surface area contributed by atoms with Crippen LogP contribution >= 0.6 is 15.9 Å². The molecule has 3 rings (SSSR count). The normalized spacial score (nSPS) is 11.1. The zero-order valence-corrected chi connectivity index (χ0v) is 19.2. The number of halogens is 1. The molecule has 0 spiro atoms. The summed E-state index contributed by atoms with van der Waals surface area (Å²) in [6.45, 7) is 0. The first-order chi connectivity index (χ1) is 15.0. The van der Waals surface area contributed by atoms with Gasteiger partial charge in [-0.3, -0.25) is 4.79 Å². The number of hydrogen-bond acceptors (Lipinski definition) is 4. The van der Waals surface area contributed by atoms with E-state index in [9.17, 15) is 4.79 Å². The molecule has 3 aromatic rings. The summed E-state index contributed by atoms with van der Waals surface area (Å²) in [5.74, 6) is 1.99. The lowest BCUT2D eigenvalue weighted by atomic mass is 10.0. The Labute approximate surface area is 190 Å². The van der Waals surface area contributed by atoms with Crippen molar-refractivity contribution in [2.75, 3.05) is 21.3 Å². The molecule has 0 aliphatic carbocycles. The maximum atomic E-state index is 12.6. The number of rotatable bonds is 8. The molecule has 5 heteroatoms. The molecule has 31 heavy (non-hydrogen) atoms. The molecule has 0 unspecified atom stereocenters. The number of benzene rings is 3. The van der Waals surface area contributed by atoms with Crippen molar-refractivity contribution in [1.82, 2.24) is 0 Å². The van der Waals surface area contributed by atoms with Crippen LogP contribution in [0.5, 0.6) is 17.2 Å². The third-order valence-corrected chi connectivity index (χ3v) is 5.18. The molecule has 0 saturated heterocycles. The van der Waals surface area contributed by atoms with Gasteiger partial charge >= 0.3 is 0 Å². The largest absolute Gasteiger partial charge is 0.497 e. The number of carbonyl (C=O) groups excluding carboxylic acids is 1. The number of ether oxygens (including phenoxy) is 3. The first-order valence-corrected chi connectivity index (χ1v) is 10.4. The molecule has 0 atom stereocenters. The minimum Gasteiger partial charge on any atom is -0.497 e. The number of methoxy groups -OCH3 is 3. The molecule has 0 fully saturated rings. The minimum atomic E-state index is -0.0933. The topological polar surface area (TPSA) is 44.8 Å². The van der Waals surface area contributed by atoms with Gasteiger partial charge in [0.05, 0.1) is 21.3 Å². The van der Waals surface area contributed by atoms with E-state index < -0.39 is 0 Å². The van der Waals surface area contributed by atoms with Gasteiger partial charge in [0.1, 0.15) is 17.2 Å². The molecule has 0 aromatic heterocycles. The van der Waals surface area contributed by atoms with Crippen molar-refractivity contribution in [1.29, 1.82) is 0 Å². The second kappa shape index (κ2) is 10.6. The summed E-state index contributed by atoms with van der Waals surface area (Å²) in [7, 11) is 4.85. The quantitative estimate of drug-likeness (QED) is 0.209. The maximum absolute atomic E-state index is 12.6. The first-order valence-electron chi connectivity index (χ1n) is 9.60. The van der Waals surface area contributed by atoms with Crippen LogP contribution in [-0.2, 0) is 0 Å². The molecular formula is C26H23BrO4. The van der Waals surface area contributed by atoms with E-state index in [1.54, 1.807) is 51.7 Å².